The van der Waals surface area contributed by atoms with Gasteiger partial charge in [-0.05, 0) is 19.1 Å². The van der Waals surface area contributed by atoms with Crippen LogP contribution in [0.3, 0.4) is 0 Å². The quantitative estimate of drug-likeness (QED) is 0.677. The molecule has 78 valence electrons. The fraction of sp³-hybridized carbons (Fsp3) is 0.300. The largest absolute Gasteiger partial charge is 0.373 e. The minimum Gasteiger partial charge on any atom is -0.373 e. The van der Waals surface area contributed by atoms with Gasteiger partial charge in [0.05, 0.1) is 6.42 Å². The summed E-state index contributed by atoms with van der Waals surface area (Å²) in [6.07, 6.45) is 1.85. The summed E-state index contributed by atoms with van der Waals surface area (Å²) in [6, 6.07) is 3.14. The summed E-state index contributed by atoms with van der Waals surface area (Å²) in [5.74, 6) is -0.502. The maximum atomic E-state index is 11.3. The van der Waals surface area contributed by atoms with Crippen LogP contribution in [0.2, 0.25) is 0 Å². The maximum Gasteiger partial charge on any atom is 0.249 e. The van der Waals surface area contributed by atoms with Gasteiger partial charge in [-0.3, -0.25) is 19.9 Å². The molecule has 0 spiro atoms. The molecule has 2 amide bonds. The second kappa shape index (κ2) is 3.68. The van der Waals surface area contributed by atoms with Crippen LogP contribution in [0.5, 0.6) is 0 Å². The molecule has 1 aliphatic heterocycles. The summed E-state index contributed by atoms with van der Waals surface area (Å²) in [6.45, 7) is 1.87. The van der Waals surface area contributed by atoms with E-state index in [1.54, 1.807) is 12.3 Å². The molecule has 0 bridgehead atoms. The minimum atomic E-state index is -0.459. The first kappa shape index (κ1) is 9.64. The first-order valence-electron chi connectivity index (χ1n) is 4.68. The van der Waals surface area contributed by atoms with Gasteiger partial charge in [-0.25, -0.2) is 0 Å². The molecule has 2 heterocycles. The molecule has 0 aliphatic carbocycles. The summed E-state index contributed by atoms with van der Waals surface area (Å²) in [7, 11) is 0. The van der Waals surface area contributed by atoms with Gasteiger partial charge in [0.1, 0.15) is 6.04 Å². The van der Waals surface area contributed by atoms with E-state index in [1.165, 1.54) is 0 Å². The van der Waals surface area contributed by atoms with E-state index in [-0.39, 0.29) is 18.2 Å². The normalized spacial score (nSPS) is 20.2. The summed E-state index contributed by atoms with van der Waals surface area (Å²) < 4.78 is 0. The number of aryl methyl sites for hydroxylation is 1. The van der Waals surface area contributed by atoms with Crippen LogP contribution in [0.15, 0.2) is 18.3 Å². The van der Waals surface area contributed by atoms with Crippen molar-refractivity contribution < 1.29 is 9.59 Å². The van der Waals surface area contributed by atoms with Crippen molar-refractivity contribution in [1.29, 1.82) is 0 Å². The Morgan fingerprint density at radius 2 is 2.33 bits per heavy atom. The predicted octanol–water partition coefficient (Wildman–Crippen LogP) is 0.217. The molecular weight excluding hydrogens is 194 g/mol. The lowest BCUT2D eigenvalue weighted by Crippen LogP contribution is -2.30. The van der Waals surface area contributed by atoms with Crippen LogP contribution in [0.4, 0.5) is 5.69 Å². The van der Waals surface area contributed by atoms with E-state index in [1.807, 2.05) is 13.0 Å². The van der Waals surface area contributed by atoms with Gasteiger partial charge >= 0.3 is 0 Å². The second-order valence-corrected chi connectivity index (χ2v) is 3.50. The number of nitrogens with one attached hydrogen (secondary N) is 2. The van der Waals surface area contributed by atoms with E-state index in [0.29, 0.717) is 0 Å². The summed E-state index contributed by atoms with van der Waals surface area (Å²) in [5, 5.41) is 5.23. The molecule has 1 fully saturated rings. The number of carbonyl (C=O) groups excluding carboxylic acids is 2. The number of amides is 2. The number of hydrogen-bond donors (Lipinski definition) is 2. The number of rotatable bonds is 2. The van der Waals surface area contributed by atoms with Crippen molar-refractivity contribution in [2.45, 2.75) is 19.4 Å². The monoisotopic (exact) mass is 205 g/mol. The SMILES string of the molecule is Cc1cc(NC2CC(=O)NC2=O)ccn1. The van der Waals surface area contributed by atoms with Crippen molar-refractivity contribution in [2.75, 3.05) is 5.32 Å². The van der Waals surface area contributed by atoms with Crippen LogP contribution in [-0.2, 0) is 9.59 Å². The molecule has 0 radical (unpaired) electrons. The fourth-order valence-corrected chi connectivity index (χ4v) is 1.51. The van der Waals surface area contributed by atoms with Gasteiger partial charge in [-0.15, -0.1) is 0 Å². The van der Waals surface area contributed by atoms with Gasteiger partial charge in [0, 0.05) is 17.6 Å². The van der Waals surface area contributed by atoms with Crippen molar-refractivity contribution in [3.8, 4) is 0 Å². The zero-order valence-electron chi connectivity index (χ0n) is 8.28. The van der Waals surface area contributed by atoms with Crippen molar-refractivity contribution in [3.63, 3.8) is 0 Å². The van der Waals surface area contributed by atoms with Gasteiger partial charge in [-0.1, -0.05) is 0 Å². The molecule has 1 saturated heterocycles. The van der Waals surface area contributed by atoms with E-state index < -0.39 is 6.04 Å². The molecule has 1 aliphatic rings. The average molecular weight is 205 g/mol. The Kier molecular flexibility index (Phi) is 2.37. The number of nitrogens with zero attached hydrogens (tertiary/aromatic N) is 1. The van der Waals surface area contributed by atoms with Crippen LogP contribution in [0, 0.1) is 6.92 Å². The lowest BCUT2D eigenvalue weighted by molar-refractivity contribution is -0.124. The molecule has 5 heteroatoms. The Labute approximate surface area is 86.9 Å². The molecule has 1 aromatic rings. The molecule has 2 N–H and O–H groups in total. The van der Waals surface area contributed by atoms with E-state index in [9.17, 15) is 9.59 Å². The highest BCUT2D eigenvalue weighted by Crippen LogP contribution is 2.12. The smallest absolute Gasteiger partial charge is 0.249 e. The molecule has 5 nitrogen and oxygen atoms in total. The highest BCUT2D eigenvalue weighted by molar-refractivity contribution is 6.06. The molecule has 1 atom stereocenters. The molecule has 1 aromatic heterocycles. The lowest BCUT2D eigenvalue weighted by atomic mass is 10.2. The summed E-state index contributed by atoms with van der Waals surface area (Å²) in [4.78, 5) is 26.2. The van der Waals surface area contributed by atoms with E-state index in [4.69, 9.17) is 0 Å². The Hall–Kier alpha value is -1.91. The molecule has 1 unspecified atom stereocenters. The van der Waals surface area contributed by atoms with E-state index >= 15 is 0 Å². The number of imide groups is 1. The standard InChI is InChI=1S/C10H11N3O2/c1-6-4-7(2-3-11-6)12-8-5-9(14)13-10(8)15/h2-4,8H,5H2,1H3,(H,11,12)(H,13,14,15). The first-order valence-corrected chi connectivity index (χ1v) is 4.68. The van der Waals surface area contributed by atoms with Crippen molar-refractivity contribution in [1.82, 2.24) is 10.3 Å². The Morgan fingerprint density at radius 1 is 1.53 bits per heavy atom. The second-order valence-electron chi connectivity index (χ2n) is 3.50. The lowest BCUT2D eigenvalue weighted by Gasteiger charge is -2.10. The predicted molar refractivity (Wildman–Crippen MR) is 54.2 cm³/mol. The first-order chi connectivity index (χ1) is 7.15. The van der Waals surface area contributed by atoms with E-state index in [2.05, 4.69) is 15.6 Å². The third-order valence-electron chi connectivity index (χ3n) is 2.21. The average Bonchev–Trinajstić information content (AvgIpc) is 2.45. The minimum absolute atomic E-state index is 0.195. The third kappa shape index (κ3) is 2.12. The molecule has 0 aromatic carbocycles. The van der Waals surface area contributed by atoms with Crippen LogP contribution in [-0.4, -0.2) is 22.8 Å². The highest BCUT2D eigenvalue weighted by atomic mass is 16.2. The van der Waals surface area contributed by atoms with Gasteiger partial charge in [-0.2, -0.15) is 0 Å². The zero-order valence-corrected chi connectivity index (χ0v) is 8.28. The zero-order chi connectivity index (χ0) is 10.8. The number of pyridine rings is 1. The highest BCUT2D eigenvalue weighted by Gasteiger charge is 2.30. The van der Waals surface area contributed by atoms with Gasteiger partial charge in [0.25, 0.3) is 0 Å². The van der Waals surface area contributed by atoms with Crippen molar-refractivity contribution >= 4 is 17.5 Å². The van der Waals surface area contributed by atoms with Crippen LogP contribution in [0.1, 0.15) is 12.1 Å². The Bertz CT molecular complexity index is 417. The molecule has 15 heavy (non-hydrogen) atoms. The number of aromatic nitrogens is 1. The summed E-state index contributed by atoms with van der Waals surface area (Å²) >= 11 is 0. The Balaban J connectivity index is 2.09. The number of hydrogen-bond acceptors (Lipinski definition) is 4. The van der Waals surface area contributed by atoms with Crippen molar-refractivity contribution in [2.24, 2.45) is 0 Å². The number of carbonyl (C=O) groups is 2. The van der Waals surface area contributed by atoms with E-state index in [0.717, 1.165) is 11.4 Å². The van der Waals surface area contributed by atoms with Gasteiger partial charge in [0.15, 0.2) is 0 Å². The molecule has 2 rings (SSSR count). The van der Waals surface area contributed by atoms with Crippen LogP contribution >= 0.6 is 0 Å². The Morgan fingerprint density at radius 3 is 2.93 bits per heavy atom. The van der Waals surface area contributed by atoms with Gasteiger partial charge in [0.2, 0.25) is 11.8 Å². The van der Waals surface area contributed by atoms with Crippen molar-refractivity contribution in [3.05, 3.63) is 24.0 Å². The maximum absolute atomic E-state index is 11.3. The third-order valence-corrected chi connectivity index (χ3v) is 2.21. The van der Waals surface area contributed by atoms with Crippen LogP contribution < -0.4 is 10.6 Å². The topological polar surface area (TPSA) is 71.1 Å². The van der Waals surface area contributed by atoms with Crippen LogP contribution in [0.25, 0.3) is 0 Å². The van der Waals surface area contributed by atoms with Gasteiger partial charge < -0.3 is 5.32 Å². The summed E-state index contributed by atoms with van der Waals surface area (Å²) in [5.41, 5.74) is 1.67. The molecule has 0 saturated carbocycles. The number of anilines is 1. The molecular formula is C10H11N3O2. The fourth-order valence-electron chi connectivity index (χ4n) is 1.51.